The molecule has 0 amide bonds. The fourth-order valence-electron chi connectivity index (χ4n) is 2.19. The Hall–Kier alpha value is -1.84. The molecule has 0 aliphatic carbocycles. The van der Waals surface area contributed by atoms with Crippen LogP contribution < -0.4 is 0 Å². The molecule has 2 aromatic rings. The van der Waals surface area contributed by atoms with Crippen LogP contribution >= 0.6 is 0 Å². The van der Waals surface area contributed by atoms with Crippen molar-refractivity contribution in [3.05, 3.63) is 29.6 Å². The zero-order valence-corrected chi connectivity index (χ0v) is 11.8. The Morgan fingerprint density at radius 3 is 2.84 bits per heavy atom. The van der Waals surface area contributed by atoms with Crippen molar-refractivity contribution in [3.63, 3.8) is 0 Å². The first-order valence-electron chi connectivity index (χ1n) is 6.81. The largest absolute Gasteiger partial charge is 0.462 e. The zero-order valence-electron chi connectivity index (χ0n) is 11.8. The van der Waals surface area contributed by atoms with E-state index in [9.17, 15) is 4.79 Å². The van der Waals surface area contributed by atoms with Gasteiger partial charge in [0.2, 0.25) is 0 Å². The van der Waals surface area contributed by atoms with Crippen LogP contribution in [0.1, 0.15) is 42.9 Å². The van der Waals surface area contributed by atoms with Crippen molar-refractivity contribution in [2.75, 3.05) is 6.61 Å². The van der Waals surface area contributed by atoms with Crippen LogP contribution in [0.5, 0.6) is 0 Å². The van der Waals surface area contributed by atoms with Crippen LogP contribution in [0.3, 0.4) is 0 Å². The molecule has 1 aromatic carbocycles. The molecule has 0 atom stereocenters. The lowest BCUT2D eigenvalue weighted by Crippen LogP contribution is -2.04. The average Bonchev–Trinajstić information content (AvgIpc) is 2.71. The maximum absolute atomic E-state index is 11.7. The minimum Gasteiger partial charge on any atom is -0.462 e. The fourth-order valence-corrected chi connectivity index (χ4v) is 2.19. The molecule has 19 heavy (non-hydrogen) atoms. The van der Waals surface area contributed by atoms with Gasteiger partial charge in [0.05, 0.1) is 23.2 Å². The van der Waals surface area contributed by atoms with Gasteiger partial charge in [0.1, 0.15) is 5.82 Å². The first-order valence-corrected chi connectivity index (χ1v) is 6.81. The summed E-state index contributed by atoms with van der Waals surface area (Å²) >= 11 is 0. The van der Waals surface area contributed by atoms with Crippen molar-refractivity contribution in [2.24, 2.45) is 0 Å². The highest BCUT2D eigenvalue weighted by atomic mass is 16.5. The zero-order chi connectivity index (χ0) is 13.8. The number of rotatable bonds is 5. The highest BCUT2D eigenvalue weighted by molar-refractivity contribution is 5.93. The third-order valence-electron chi connectivity index (χ3n) is 3.19. The number of hydrogen-bond donors (Lipinski definition) is 0. The molecule has 0 radical (unpaired) electrons. The van der Waals surface area contributed by atoms with Gasteiger partial charge in [-0.05, 0) is 38.5 Å². The molecule has 0 saturated carbocycles. The topological polar surface area (TPSA) is 44.1 Å². The summed E-state index contributed by atoms with van der Waals surface area (Å²) in [5.74, 6) is 0.703. The third-order valence-corrected chi connectivity index (χ3v) is 3.19. The van der Waals surface area contributed by atoms with E-state index < -0.39 is 0 Å². The highest BCUT2D eigenvalue weighted by Crippen LogP contribution is 2.19. The van der Waals surface area contributed by atoms with Gasteiger partial charge in [-0.1, -0.05) is 13.3 Å². The normalized spacial score (nSPS) is 10.9. The van der Waals surface area contributed by atoms with Crippen LogP contribution in [-0.2, 0) is 11.3 Å². The molecule has 0 aliphatic heterocycles. The summed E-state index contributed by atoms with van der Waals surface area (Å²) in [6.07, 6.45) is 2.28. The van der Waals surface area contributed by atoms with E-state index in [0.717, 1.165) is 36.2 Å². The second-order valence-electron chi connectivity index (χ2n) is 4.59. The Morgan fingerprint density at radius 2 is 2.16 bits per heavy atom. The predicted octanol–water partition coefficient (Wildman–Crippen LogP) is 3.32. The van der Waals surface area contributed by atoms with E-state index in [1.54, 1.807) is 6.92 Å². The molecule has 102 valence electrons. The van der Waals surface area contributed by atoms with E-state index in [1.165, 1.54) is 0 Å². The maximum Gasteiger partial charge on any atom is 0.338 e. The maximum atomic E-state index is 11.7. The molecule has 0 saturated heterocycles. The van der Waals surface area contributed by atoms with E-state index in [-0.39, 0.29) is 5.97 Å². The van der Waals surface area contributed by atoms with E-state index in [2.05, 4.69) is 16.5 Å². The van der Waals surface area contributed by atoms with Crippen molar-refractivity contribution in [2.45, 2.75) is 40.2 Å². The van der Waals surface area contributed by atoms with Crippen LogP contribution in [0.25, 0.3) is 11.0 Å². The van der Waals surface area contributed by atoms with Crippen LogP contribution in [0, 0.1) is 6.92 Å². The Morgan fingerprint density at radius 1 is 1.37 bits per heavy atom. The summed E-state index contributed by atoms with van der Waals surface area (Å²) in [6, 6.07) is 5.57. The van der Waals surface area contributed by atoms with Gasteiger partial charge < -0.3 is 9.30 Å². The third kappa shape index (κ3) is 2.78. The SMILES string of the molecule is CCCCn1c(C)nc2cc(C(=O)OCC)ccc21. The van der Waals surface area contributed by atoms with E-state index in [0.29, 0.717) is 12.2 Å². The standard InChI is InChI=1S/C15H20N2O2/c1-4-6-9-17-11(3)16-13-10-12(7-8-14(13)17)15(18)19-5-2/h7-8,10H,4-6,9H2,1-3H3. The monoisotopic (exact) mass is 260 g/mol. The average molecular weight is 260 g/mol. The highest BCUT2D eigenvalue weighted by Gasteiger charge is 2.11. The molecule has 0 fully saturated rings. The number of aromatic nitrogens is 2. The number of hydrogen-bond acceptors (Lipinski definition) is 3. The van der Waals surface area contributed by atoms with Gasteiger partial charge in [-0.3, -0.25) is 0 Å². The Kier molecular flexibility index (Phi) is 4.20. The summed E-state index contributed by atoms with van der Waals surface area (Å²) in [5.41, 5.74) is 2.51. The molecule has 0 unspecified atom stereocenters. The number of aryl methyl sites for hydroxylation is 2. The molecular formula is C15H20N2O2. The summed E-state index contributed by atoms with van der Waals surface area (Å²) in [5, 5.41) is 0. The molecule has 1 heterocycles. The first kappa shape index (κ1) is 13.6. The quantitative estimate of drug-likeness (QED) is 0.775. The van der Waals surface area contributed by atoms with Gasteiger partial charge in [-0.25, -0.2) is 9.78 Å². The number of carbonyl (C=O) groups excluding carboxylic acids is 1. The molecule has 4 heteroatoms. The predicted molar refractivity (Wildman–Crippen MR) is 75.3 cm³/mol. The lowest BCUT2D eigenvalue weighted by molar-refractivity contribution is 0.0526. The number of carbonyl (C=O) groups is 1. The number of nitrogens with zero attached hydrogens (tertiary/aromatic N) is 2. The number of imidazole rings is 1. The molecule has 2 rings (SSSR count). The van der Waals surface area contributed by atoms with Crippen molar-refractivity contribution in [1.82, 2.24) is 9.55 Å². The van der Waals surface area contributed by atoms with E-state index >= 15 is 0 Å². The summed E-state index contributed by atoms with van der Waals surface area (Å²) < 4.78 is 7.21. The molecule has 1 aromatic heterocycles. The van der Waals surface area contributed by atoms with Gasteiger partial charge in [0.15, 0.2) is 0 Å². The molecular weight excluding hydrogens is 240 g/mol. The second kappa shape index (κ2) is 5.87. The van der Waals surface area contributed by atoms with Gasteiger partial charge in [-0.15, -0.1) is 0 Å². The Labute approximate surface area is 113 Å². The summed E-state index contributed by atoms with van der Waals surface area (Å²) in [4.78, 5) is 16.2. The van der Waals surface area contributed by atoms with Crippen LogP contribution in [0.2, 0.25) is 0 Å². The Balaban J connectivity index is 2.37. The number of unbranched alkanes of at least 4 members (excludes halogenated alkanes) is 1. The van der Waals surface area contributed by atoms with Crippen molar-refractivity contribution in [1.29, 1.82) is 0 Å². The lowest BCUT2D eigenvalue weighted by atomic mass is 10.2. The smallest absolute Gasteiger partial charge is 0.338 e. The molecule has 4 nitrogen and oxygen atoms in total. The molecule has 0 aliphatic rings. The second-order valence-corrected chi connectivity index (χ2v) is 4.59. The van der Waals surface area contributed by atoms with Crippen LogP contribution in [0.4, 0.5) is 0 Å². The van der Waals surface area contributed by atoms with Gasteiger partial charge in [0, 0.05) is 6.54 Å². The molecule has 0 spiro atoms. The first-order chi connectivity index (χ1) is 9.17. The number of fused-ring (bicyclic) bond motifs is 1. The van der Waals surface area contributed by atoms with Crippen LogP contribution in [0.15, 0.2) is 18.2 Å². The fraction of sp³-hybridized carbons (Fsp3) is 0.467. The Bertz CT molecular complexity index is 587. The summed E-state index contributed by atoms with van der Waals surface area (Å²) in [6.45, 7) is 7.34. The van der Waals surface area contributed by atoms with Gasteiger partial charge in [-0.2, -0.15) is 0 Å². The number of ether oxygens (including phenoxy) is 1. The van der Waals surface area contributed by atoms with Crippen molar-refractivity contribution < 1.29 is 9.53 Å². The van der Waals surface area contributed by atoms with Crippen LogP contribution in [-0.4, -0.2) is 22.1 Å². The van der Waals surface area contributed by atoms with Crippen molar-refractivity contribution >= 4 is 17.0 Å². The van der Waals surface area contributed by atoms with Gasteiger partial charge in [0.25, 0.3) is 0 Å². The van der Waals surface area contributed by atoms with E-state index in [1.807, 2.05) is 25.1 Å². The minimum absolute atomic E-state index is 0.287. The minimum atomic E-state index is -0.287. The number of benzene rings is 1. The van der Waals surface area contributed by atoms with Gasteiger partial charge >= 0.3 is 5.97 Å². The van der Waals surface area contributed by atoms with E-state index in [4.69, 9.17) is 4.74 Å². The van der Waals surface area contributed by atoms with Crippen molar-refractivity contribution in [3.8, 4) is 0 Å². The summed E-state index contributed by atoms with van der Waals surface area (Å²) in [7, 11) is 0. The molecule has 0 N–H and O–H groups in total. The molecule has 0 bridgehead atoms. The number of esters is 1. The lowest BCUT2D eigenvalue weighted by Gasteiger charge is -2.06.